The van der Waals surface area contributed by atoms with Crippen molar-refractivity contribution in [1.82, 2.24) is 14.5 Å². The van der Waals surface area contributed by atoms with Gasteiger partial charge in [-0.3, -0.25) is 14.2 Å². The van der Waals surface area contributed by atoms with E-state index in [1.54, 1.807) is 22.8 Å². The SMILES string of the molecule is CC1CC(C)CN(C(=O)CSc2nc3ccsc3c(=O)n2-c2cccc(Cl)c2)C1. The highest BCUT2D eigenvalue weighted by Gasteiger charge is 2.26. The van der Waals surface area contributed by atoms with Crippen molar-refractivity contribution in [2.45, 2.75) is 25.4 Å². The second kappa shape index (κ2) is 8.50. The molecule has 3 heterocycles. The highest BCUT2D eigenvalue weighted by Crippen LogP contribution is 2.26. The standard InChI is InChI=1S/C21H22ClN3O2S2/c1-13-8-14(2)11-24(10-13)18(26)12-29-21-23-17-6-7-28-19(17)20(27)25(21)16-5-3-4-15(22)9-16/h3-7,9,13-14H,8,10-12H2,1-2H3. The molecule has 4 rings (SSSR count). The first-order valence-electron chi connectivity index (χ1n) is 9.59. The third-order valence-electron chi connectivity index (χ3n) is 5.06. The van der Waals surface area contributed by atoms with Crippen LogP contribution in [-0.4, -0.2) is 39.2 Å². The molecule has 1 aromatic carbocycles. The number of nitrogens with zero attached hydrogens (tertiary/aromatic N) is 3. The predicted octanol–water partition coefficient (Wildman–Crippen LogP) is 4.70. The average molecular weight is 448 g/mol. The van der Waals surface area contributed by atoms with Gasteiger partial charge in [0.25, 0.3) is 5.56 Å². The molecule has 0 saturated carbocycles. The van der Waals surface area contributed by atoms with Gasteiger partial charge in [-0.2, -0.15) is 0 Å². The van der Waals surface area contributed by atoms with E-state index in [4.69, 9.17) is 11.6 Å². The van der Waals surface area contributed by atoms with Crippen molar-refractivity contribution in [2.75, 3.05) is 18.8 Å². The Morgan fingerprint density at radius 3 is 2.76 bits per heavy atom. The van der Waals surface area contributed by atoms with Crippen molar-refractivity contribution in [3.05, 3.63) is 51.1 Å². The van der Waals surface area contributed by atoms with Crippen LogP contribution >= 0.6 is 34.7 Å². The van der Waals surface area contributed by atoms with Gasteiger partial charge in [-0.1, -0.05) is 43.3 Å². The number of carbonyl (C=O) groups excluding carboxylic acids is 1. The number of thioether (sulfide) groups is 1. The first-order valence-corrected chi connectivity index (χ1v) is 11.8. The number of hydrogen-bond acceptors (Lipinski definition) is 5. The van der Waals surface area contributed by atoms with Crippen LogP contribution in [0.1, 0.15) is 20.3 Å². The number of thiophene rings is 1. The number of piperidine rings is 1. The molecular weight excluding hydrogens is 426 g/mol. The van der Waals surface area contributed by atoms with Crippen LogP contribution in [0.15, 0.2) is 45.7 Å². The molecule has 29 heavy (non-hydrogen) atoms. The minimum Gasteiger partial charge on any atom is -0.341 e. The topological polar surface area (TPSA) is 55.2 Å². The fraction of sp³-hybridized carbons (Fsp3) is 0.381. The average Bonchev–Trinajstić information content (AvgIpc) is 3.14. The van der Waals surface area contributed by atoms with Crippen LogP contribution in [0.2, 0.25) is 5.02 Å². The van der Waals surface area contributed by atoms with Gasteiger partial charge < -0.3 is 4.90 Å². The number of aromatic nitrogens is 2. The van der Waals surface area contributed by atoms with E-state index in [2.05, 4.69) is 18.8 Å². The van der Waals surface area contributed by atoms with Crippen molar-refractivity contribution in [3.63, 3.8) is 0 Å². The summed E-state index contributed by atoms with van der Waals surface area (Å²) in [5, 5.41) is 2.91. The highest BCUT2D eigenvalue weighted by atomic mass is 35.5. The Labute approximate surface area is 182 Å². The van der Waals surface area contributed by atoms with Gasteiger partial charge in [0.05, 0.1) is 17.0 Å². The molecule has 3 aromatic rings. The molecule has 1 fully saturated rings. The quantitative estimate of drug-likeness (QED) is 0.429. The van der Waals surface area contributed by atoms with Gasteiger partial charge >= 0.3 is 0 Å². The molecule has 0 radical (unpaired) electrons. The van der Waals surface area contributed by atoms with Crippen LogP contribution in [0.25, 0.3) is 15.9 Å². The molecule has 1 aliphatic heterocycles. The molecule has 2 atom stereocenters. The Kier molecular flexibility index (Phi) is 5.99. The molecule has 0 spiro atoms. The molecule has 1 saturated heterocycles. The van der Waals surface area contributed by atoms with E-state index in [1.807, 2.05) is 22.4 Å². The van der Waals surface area contributed by atoms with Crippen molar-refractivity contribution in [2.24, 2.45) is 11.8 Å². The summed E-state index contributed by atoms with van der Waals surface area (Å²) in [6.45, 7) is 5.96. The van der Waals surface area contributed by atoms with Crippen molar-refractivity contribution < 1.29 is 4.79 Å². The van der Waals surface area contributed by atoms with Crippen molar-refractivity contribution in [1.29, 1.82) is 0 Å². The lowest BCUT2D eigenvalue weighted by Crippen LogP contribution is -2.43. The lowest BCUT2D eigenvalue weighted by Gasteiger charge is -2.35. The van der Waals surface area contributed by atoms with Gasteiger partial charge in [-0.05, 0) is 47.9 Å². The molecular formula is C21H22ClN3O2S2. The molecule has 2 unspecified atom stereocenters. The van der Waals surface area contributed by atoms with E-state index < -0.39 is 0 Å². The molecule has 2 aromatic heterocycles. The van der Waals surface area contributed by atoms with Gasteiger partial charge in [0.15, 0.2) is 5.16 Å². The van der Waals surface area contributed by atoms with E-state index in [-0.39, 0.29) is 17.2 Å². The number of halogens is 1. The summed E-state index contributed by atoms with van der Waals surface area (Å²) >= 11 is 8.83. The number of likely N-dealkylation sites (tertiary alicyclic amines) is 1. The smallest absolute Gasteiger partial charge is 0.276 e. The Morgan fingerprint density at radius 2 is 2.03 bits per heavy atom. The maximum absolute atomic E-state index is 13.1. The predicted molar refractivity (Wildman–Crippen MR) is 120 cm³/mol. The summed E-state index contributed by atoms with van der Waals surface area (Å²) in [6, 6.07) is 8.98. The first kappa shape index (κ1) is 20.4. The van der Waals surface area contributed by atoms with Gasteiger partial charge in [-0.15, -0.1) is 11.3 Å². The molecule has 8 heteroatoms. The number of benzene rings is 1. The van der Waals surface area contributed by atoms with Gasteiger partial charge in [0.2, 0.25) is 5.91 Å². The summed E-state index contributed by atoms with van der Waals surface area (Å²) in [5.41, 5.74) is 1.18. The maximum atomic E-state index is 13.1. The summed E-state index contributed by atoms with van der Waals surface area (Å²) in [7, 11) is 0. The Balaban J connectivity index is 1.65. The lowest BCUT2D eigenvalue weighted by molar-refractivity contribution is -0.130. The van der Waals surface area contributed by atoms with Gasteiger partial charge in [-0.25, -0.2) is 4.98 Å². The van der Waals surface area contributed by atoms with E-state index in [0.717, 1.165) is 19.5 Å². The molecule has 0 N–H and O–H groups in total. The summed E-state index contributed by atoms with van der Waals surface area (Å²) in [5.74, 6) is 1.36. The second-order valence-electron chi connectivity index (χ2n) is 7.68. The fourth-order valence-corrected chi connectivity index (χ4v) is 5.78. The Morgan fingerprint density at radius 1 is 1.28 bits per heavy atom. The third-order valence-corrected chi connectivity index (χ3v) is 7.11. The van der Waals surface area contributed by atoms with Gasteiger partial charge in [0, 0.05) is 18.1 Å². The Hall–Kier alpha value is -1.83. The normalized spacial score (nSPS) is 19.6. The molecule has 1 aliphatic rings. The third kappa shape index (κ3) is 4.37. The van der Waals surface area contributed by atoms with Gasteiger partial charge in [0.1, 0.15) is 4.70 Å². The monoisotopic (exact) mass is 447 g/mol. The number of rotatable bonds is 4. The van der Waals surface area contributed by atoms with E-state index in [0.29, 0.717) is 37.9 Å². The van der Waals surface area contributed by atoms with Crippen LogP contribution in [0, 0.1) is 11.8 Å². The van der Waals surface area contributed by atoms with Crippen molar-refractivity contribution >= 4 is 50.8 Å². The fourth-order valence-electron chi connectivity index (χ4n) is 3.92. The summed E-state index contributed by atoms with van der Waals surface area (Å²) in [6.07, 6.45) is 1.15. The van der Waals surface area contributed by atoms with E-state index in [9.17, 15) is 9.59 Å². The molecule has 5 nitrogen and oxygen atoms in total. The molecule has 0 bridgehead atoms. The summed E-state index contributed by atoms with van der Waals surface area (Å²) < 4.78 is 2.16. The van der Waals surface area contributed by atoms with Crippen LogP contribution in [0.4, 0.5) is 0 Å². The molecule has 1 amide bonds. The van der Waals surface area contributed by atoms with E-state index >= 15 is 0 Å². The highest BCUT2D eigenvalue weighted by molar-refractivity contribution is 7.99. The summed E-state index contributed by atoms with van der Waals surface area (Å²) in [4.78, 5) is 32.6. The number of amides is 1. The Bertz CT molecular complexity index is 1100. The zero-order valence-corrected chi connectivity index (χ0v) is 18.7. The largest absolute Gasteiger partial charge is 0.341 e. The first-order chi connectivity index (χ1) is 13.9. The minimum atomic E-state index is -0.137. The number of fused-ring (bicyclic) bond motifs is 1. The van der Waals surface area contributed by atoms with Crippen molar-refractivity contribution in [3.8, 4) is 5.69 Å². The van der Waals surface area contributed by atoms with Crippen LogP contribution in [0.5, 0.6) is 0 Å². The zero-order valence-electron chi connectivity index (χ0n) is 16.3. The van der Waals surface area contributed by atoms with E-state index in [1.165, 1.54) is 23.1 Å². The van der Waals surface area contributed by atoms with Crippen LogP contribution in [-0.2, 0) is 4.79 Å². The van der Waals surface area contributed by atoms with Crippen LogP contribution in [0.3, 0.4) is 0 Å². The molecule has 0 aliphatic carbocycles. The lowest BCUT2D eigenvalue weighted by atomic mass is 9.92. The maximum Gasteiger partial charge on any atom is 0.276 e. The second-order valence-corrected chi connectivity index (χ2v) is 9.98. The van der Waals surface area contributed by atoms with Crippen LogP contribution < -0.4 is 5.56 Å². The number of carbonyl (C=O) groups is 1. The zero-order chi connectivity index (χ0) is 20.5. The number of hydrogen-bond donors (Lipinski definition) is 0. The minimum absolute atomic E-state index is 0.0886. The molecule has 152 valence electrons.